The molecule has 0 atom stereocenters. The van der Waals surface area contributed by atoms with Crippen LogP contribution in [0.4, 0.5) is 11.4 Å². The number of carbonyl (C=O) groups excluding carboxylic acids is 1. The Morgan fingerprint density at radius 2 is 1.36 bits per heavy atom. The molecule has 174 valence electrons. The second kappa shape index (κ2) is 12.5. The van der Waals surface area contributed by atoms with Crippen LogP contribution < -0.4 is 5.32 Å². The number of hydrogen-bond acceptors (Lipinski definition) is 6. The van der Waals surface area contributed by atoms with E-state index >= 15 is 0 Å². The number of rotatable bonds is 13. The highest BCUT2D eigenvalue weighted by atomic mass is 16.6. The summed E-state index contributed by atoms with van der Waals surface area (Å²) in [6.07, 6.45) is 10.2. The van der Waals surface area contributed by atoms with E-state index in [-0.39, 0.29) is 17.5 Å². The predicted octanol–water partition coefficient (Wildman–Crippen LogP) is 6.78. The SMILES string of the molecule is CCCCCCCCCCC(=O)Nc1ccc(-c2nnc(-c3ccc([N+](=O)[O-])cc3)o2)cc1. The number of nitro groups is 1. The van der Waals surface area contributed by atoms with Gasteiger partial charge in [-0.2, -0.15) is 0 Å². The molecule has 1 aromatic heterocycles. The molecule has 8 nitrogen and oxygen atoms in total. The molecule has 0 aliphatic carbocycles. The quantitative estimate of drug-likeness (QED) is 0.174. The number of nitrogens with one attached hydrogen (secondary N) is 1. The van der Waals surface area contributed by atoms with Crippen LogP contribution in [0.5, 0.6) is 0 Å². The van der Waals surface area contributed by atoms with Gasteiger partial charge in [0.15, 0.2) is 0 Å². The standard InChI is InChI=1S/C25H30N4O4/c1-2-3-4-5-6-7-8-9-10-23(30)26-21-15-11-19(12-16-21)24-27-28-25(33-24)20-13-17-22(18-14-20)29(31)32/h11-18H,2-10H2,1H3,(H,26,30). The van der Waals surface area contributed by atoms with E-state index in [9.17, 15) is 14.9 Å². The summed E-state index contributed by atoms with van der Waals surface area (Å²) >= 11 is 0. The Balaban J connectivity index is 1.45. The molecule has 0 unspecified atom stereocenters. The van der Waals surface area contributed by atoms with Crippen molar-refractivity contribution in [1.82, 2.24) is 10.2 Å². The number of unbranched alkanes of at least 4 members (excludes halogenated alkanes) is 7. The number of carbonyl (C=O) groups is 1. The summed E-state index contributed by atoms with van der Waals surface area (Å²) in [4.78, 5) is 22.5. The van der Waals surface area contributed by atoms with Gasteiger partial charge in [-0.1, -0.05) is 51.9 Å². The molecule has 3 aromatic rings. The molecule has 33 heavy (non-hydrogen) atoms. The van der Waals surface area contributed by atoms with Gasteiger partial charge < -0.3 is 9.73 Å². The number of amides is 1. The zero-order valence-corrected chi connectivity index (χ0v) is 19.0. The molecule has 0 aliphatic heterocycles. The van der Waals surface area contributed by atoms with Gasteiger partial charge in [0.25, 0.3) is 5.69 Å². The van der Waals surface area contributed by atoms with Crippen LogP contribution in [0.25, 0.3) is 22.9 Å². The van der Waals surface area contributed by atoms with Gasteiger partial charge in [0.2, 0.25) is 17.7 Å². The van der Waals surface area contributed by atoms with Gasteiger partial charge in [-0.15, -0.1) is 10.2 Å². The molecular formula is C25H30N4O4. The molecule has 0 bridgehead atoms. The maximum absolute atomic E-state index is 12.2. The van der Waals surface area contributed by atoms with Crippen molar-refractivity contribution in [2.24, 2.45) is 0 Å². The minimum absolute atomic E-state index is 0.00136. The fourth-order valence-corrected chi connectivity index (χ4v) is 3.52. The largest absolute Gasteiger partial charge is 0.416 e. The van der Waals surface area contributed by atoms with Gasteiger partial charge in [0, 0.05) is 35.4 Å². The van der Waals surface area contributed by atoms with Gasteiger partial charge >= 0.3 is 0 Å². The minimum Gasteiger partial charge on any atom is -0.416 e. The molecule has 2 aromatic carbocycles. The van der Waals surface area contributed by atoms with Crippen LogP contribution in [0.1, 0.15) is 64.7 Å². The second-order valence-electron chi connectivity index (χ2n) is 8.07. The topological polar surface area (TPSA) is 111 Å². The summed E-state index contributed by atoms with van der Waals surface area (Å²) in [7, 11) is 0. The Morgan fingerprint density at radius 1 is 0.848 bits per heavy atom. The minimum atomic E-state index is -0.459. The fourth-order valence-electron chi connectivity index (χ4n) is 3.52. The predicted molar refractivity (Wildman–Crippen MR) is 128 cm³/mol. The van der Waals surface area contributed by atoms with Crippen molar-refractivity contribution in [2.45, 2.75) is 64.7 Å². The van der Waals surface area contributed by atoms with Crippen LogP contribution in [0.3, 0.4) is 0 Å². The highest BCUT2D eigenvalue weighted by Crippen LogP contribution is 2.26. The fraction of sp³-hybridized carbons (Fsp3) is 0.400. The Bertz CT molecular complexity index is 1030. The molecule has 0 spiro atoms. The first-order valence-corrected chi connectivity index (χ1v) is 11.6. The Labute approximate surface area is 193 Å². The van der Waals surface area contributed by atoms with Crippen molar-refractivity contribution in [1.29, 1.82) is 0 Å². The number of nitrogens with zero attached hydrogens (tertiary/aromatic N) is 3. The summed E-state index contributed by atoms with van der Waals surface area (Å²) in [5, 5.41) is 21.8. The van der Waals surface area contributed by atoms with Gasteiger partial charge in [-0.3, -0.25) is 14.9 Å². The number of benzene rings is 2. The summed E-state index contributed by atoms with van der Waals surface area (Å²) in [6.45, 7) is 2.22. The Morgan fingerprint density at radius 3 is 1.91 bits per heavy atom. The third-order valence-corrected chi connectivity index (χ3v) is 5.42. The third kappa shape index (κ3) is 7.52. The molecule has 0 saturated carbocycles. The Hall–Kier alpha value is -3.55. The number of non-ortho nitro benzene ring substituents is 1. The summed E-state index contributed by atoms with van der Waals surface area (Å²) in [6, 6.07) is 13.1. The average molecular weight is 451 g/mol. The first kappa shape index (κ1) is 24.1. The highest BCUT2D eigenvalue weighted by Gasteiger charge is 2.12. The van der Waals surface area contributed by atoms with Crippen molar-refractivity contribution < 1.29 is 14.1 Å². The lowest BCUT2D eigenvalue weighted by molar-refractivity contribution is -0.384. The summed E-state index contributed by atoms with van der Waals surface area (Å²) in [5.41, 5.74) is 2.04. The van der Waals surface area contributed by atoms with E-state index in [0.717, 1.165) is 24.1 Å². The maximum Gasteiger partial charge on any atom is 0.269 e. The zero-order chi connectivity index (χ0) is 23.5. The van der Waals surface area contributed by atoms with E-state index in [4.69, 9.17) is 4.42 Å². The van der Waals surface area contributed by atoms with E-state index in [1.54, 1.807) is 36.4 Å². The van der Waals surface area contributed by atoms with Crippen molar-refractivity contribution in [3.8, 4) is 22.9 Å². The lowest BCUT2D eigenvalue weighted by atomic mass is 10.1. The normalized spacial score (nSPS) is 10.8. The molecule has 0 radical (unpaired) electrons. The van der Waals surface area contributed by atoms with Gasteiger partial charge in [0.05, 0.1) is 4.92 Å². The number of hydrogen-bond donors (Lipinski definition) is 1. The van der Waals surface area contributed by atoms with Gasteiger partial charge in [0.1, 0.15) is 0 Å². The van der Waals surface area contributed by atoms with Crippen LogP contribution in [-0.4, -0.2) is 21.0 Å². The lowest BCUT2D eigenvalue weighted by Crippen LogP contribution is -2.10. The molecule has 1 N–H and O–H groups in total. The van der Waals surface area contributed by atoms with Crippen LogP contribution in [0.15, 0.2) is 52.9 Å². The van der Waals surface area contributed by atoms with Crippen molar-refractivity contribution >= 4 is 17.3 Å². The van der Waals surface area contributed by atoms with Crippen LogP contribution in [0.2, 0.25) is 0 Å². The van der Waals surface area contributed by atoms with Crippen LogP contribution in [0, 0.1) is 10.1 Å². The molecule has 0 fully saturated rings. The molecule has 3 rings (SSSR count). The number of anilines is 1. The second-order valence-corrected chi connectivity index (χ2v) is 8.07. The summed E-state index contributed by atoms with van der Waals surface area (Å²) in [5.74, 6) is 0.634. The van der Waals surface area contributed by atoms with Gasteiger partial charge in [-0.05, 0) is 42.8 Å². The van der Waals surface area contributed by atoms with Crippen LogP contribution >= 0.6 is 0 Å². The molecule has 0 aliphatic rings. The third-order valence-electron chi connectivity index (χ3n) is 5.42. The lowest BCUT2D eigenvalue weighted by Gasteiger charge is -2.06. The number of aromatic nitrogens is 2. The zero-order valence-electron chi connectivity index (χ0n) is 19.0. The first-order valence-electron chi connectivity index (χ1n) is 11.6. The highest BCUT2D eigenvalue weighted by molar-refractivity contribution is 5.90. The molecule has 1 heterocycles. The van der Waals surface area contributed by atoms with E-state index in [1.165, 1.54) is 50.7 Å². The maximum atomic E-state index is 12.2. The molecule has 0 saturated heterocycles. The van der Waals surface area contributed by atoms with Crippen molar-refractivity contribution in [3.05, 3.63) is 58.6 Å². The molecular weight excluding hydrogens is 420 g/mol. The smallest absolute Gasteiger partial charge is 0.269 e. The average Bonchev–Trinajstić information content (AvgIpc) is 3.32. The molecule has 1 amide bonds. The Kier molecular flexibility index (Phi) is 9.11. The van der Waals surface area contributed by atoms with E-state index in [1.807, 2.05) is 0 Å². The summed E-state index contributed by atoms with van der Waals surface area (Å²) < 4.78 is 5.70. The molecule has 8 heteroatoms. The van der Waals surface area contributed by atoms with E-state index in [2.05, 4.69) is 22.4 Å². The van der Waals surface area contributed by atoms with Crippen molar-refractivity contribution in [2.75, 3.05) is 5.32 Å². The van der Waals surface area contributed by atoms with Gasteiger partial charge in [-0.25, -0.2) is 0 Å². The van der Waals surface area contributed by atoms with Crippen LogP contribution in [-0.2, 0) is 4.79 Å². The van der Waals surface area contributed by atoms with E-state index < -0.39 is 4.92 Å². The first-order chi connectivity index (χ1) is 16.1. The monoisotopic (exact) mass is 450 g/mol. The number of nitro benzene ring substituents is 1. The van der Waals surface area contributed by atoms with Crippen molar-refractivity contribution in [3.63, 3.8) is 0 Å². The van der Waals surface area contributed by atoms with E-state index in [0.29, 0.717) is 17.9 Å².